The molecule has 0 bridgehead atoms. The maximum atomic E-state index is 12.1. The minimum Gasteiger partial charge on any atom is -0.497 e. The quantitative estimate of drug-likeness (QED) is 0.789. The van der Waals surface area contributed by atoms with E-state index in [1.54, 1.807) is 31.4 Å². The number of carbonyl (C=O) groups excluding carboxylic acids is 1. The van der Waals surface area contributed by atoms with Crippen molar-refractivity contribution in [2.75, 3.05) is 13.7 Å². The fourth-order valence-electron chi connectivity index (χ4n) is 2.21. The van der Waals surface area contributed by atoms with Gasteiger partial charge in [0.2, 0.25) is 0 Å². The average molecular weight is 288 g/mol. The normalized spacial score (nSPS) is 12.0. The molecule has 1 amide bonds. The predicted octanol–water partition coefficient (Wildman–Crippen LogP) is 2.10. The van der Waals surface area contributed by atoms with E-state index >= 15 is 0 Å². The van der Waals surface area contributed by atoms with Gasteiger partial charge in [-0.15, -0.1) is 0 Å². The Morgan fingerprint density at radius 2 is 2.14 bits per heavy atom. The second kappa shape index (κ2) is 6.45. The monoisotopic (exact) mass is 288 g/mol. The SMILES string of the molecule is COc1cccc(C(O)CNC(=O)c2[nH]c(C)cc2C)c1. The molecular formula is C16H20N2O3. The van der Waals surface area contributed by atoms with Crippen molar-refractivity contribution in [3.05, 3.63) is 52.8 Å². The van der Waals surface area contributed by atoms with Gasteiger partial charge in [-0.25, -0.2) is 0 Å². The zero-order chi connectivity index (χ0) is 15.4. The number of aromatic nitrogens is 1. The fraction of sp³-hybridized carbons (Fsp3) is 0.312. The summed E-state index contributed by atoms with van der Waals surface area (Å²) in [5.74, 6) is 0.455. The number of aromatic amines is 1. The van der Waals surface area contributed by atoms with Gasteiger partial charge >= 0.3 is 0 Å². The van der Waals surface area contributed by atoms with Crippen molar-refractivity contribution in [3.8, 4) is 5.75 Å². The van der Waals surface area contributed by atoms with Crippen molar-refractivity contribution in [3.63, 3.8) is 0 Å². The largest absolute Gasteiger partial charge is 0.497 e. The predicted molar refractivity (Wildman–Crippen MR) is 80.6 cm³/mol. The number of amides is 1. The first-order valence-corrected chi connectivity index (χ1v) is 6.77. The standard InChI is InChI=1S/C16H20N2O3/c1-10-7-11(2)18-15(10)16(20)17-9-14(19)12-5-4-6-13(8-12)21-3/h4-8,14,18-19H,9H2,1-3H3,(H,17,20). The number of aliphatic hydroxyl groups excluding tert-OH is 1. The van der Waals surface area contributed by atoms with E-state index in [4.69, 9.17) is 4.74 Å². The third-order valence-electron chi connectivity index (χ3n) is 3.31. The lowest BCUT2D eigenvalue weighted by Crippen LogP contribution is -2.29. The molecule has 0 saturated heterocycles. The van der Waals surface area contributed by atoms with E-state index in [9.17, 15) is 9.90 Å². The van der Waals surface area contributed by atoms with E-state index in [1.807, 2.05) is 19.9 Å². The second-order valence-corrected chi connectivity index (χ2v) is 5.01. The second-order valence-electron chi connectivity index (χ2n) is 5.01. The first-order valence-electron chi connectivity index (χ1n) is 6.77. The Bertz CT molecular complexity index is 634. The molecule has 1 unspecified atom stereocenters. The lowest BCUT2D eigenvalue weighted by molar-refractivity contribution is 0.0911. The molecule has 5 nitrogen and oxygen atoms in total. The highest BCUT2D eigenvalue weighted by molar-refractivity contribution is 5.94. The van der Waals surface area contributed by atoms with Crippen molar-refractivity contribution in [1.82, 2.24) is 10.3 Å². The summed E-state index contributed by atoms with van der Waals surface area (Å²) in [4.78, 5) is 15.1. The van der Waals surface area contributed by atoms with E-state index < -0.39 is 6.10 Å². The fourth-order valence-corrected chi connectivity index (χ4v) is 2.21. The van der Waals surface area contributed by atoms with Crippen molar-refractivity contribution in [2.45, 2.75) is 20.0 Å². The molecule has 2 rings (SSSR count). The van der Waals surface area contributed by atoms with Crippen molar-refractivity contribution < 1.29 is 14.6 Å². The zero-order valence-corrected chi connectivity index (χ0v) is 12.4. The number of rotatable bonds is 5. The summed E-state index contributed by atoms with van der Waals surface area (Å²) in [7, 11) is 1.57. The molecule has 0 fully saturated rings. The van der Waals surface area contributed by atoms with Crippen molar-refractivity contribution in [1.29, 1.82) is 0 Å². The Morgan fingerprint density at radius 1 is 1.38 bits per heavy atom. The van der Waals surface area contributed by atoms with Crippen LogP contribution in [0.2, 0.25) is 0 Å². The molecule has 0 radical (unpaired) electrons. The molecule has 3 N–H and O–H groups in total. The molecular weight excluding hydrogens is 268 g/mol. The summed E-state index contributed by atoms with van der Waals surface area (Å²) >= 11 is 0. The van der Waals surface area contributed by atoms with Gasteiger partial charge in [0.1, 0.15) is 11.4 Å². The number of H-pyrrole nitrogens is 1. The minimum absolute atomic E-state index is 0.142. The van der Waals surface area contributed by atoms with Crippen LogP contribution in [-0.2, 0) is 0 Å². The molecule has 1 heterocycles. The number of aryl methyl sites for hydroxylation is 2. The van der Waals surface area contributed by atoms with Crippen LogP contribution in [0.25, 0.3) is 0 Å². The summed E-state index contributed by atoms with van der Waals surface area (Å²) in [5, 5.41) is 12.9. The molecule has 2 aromatic rings. The number of nitrogens with one attached hydrogen (secondary N) is 2. The number of methoxy groups -OCH3 is 1. The Kier molecular flexibility index (Phi) is 4.65. The lowest BCUT2D eigenvalue weighted by atomic mass is 10.1. The van der Waals surface area contributed by atoms with E-state index in [-0.39, 0.29) is 12.5 Å². The highest BCUT2D eigenvalue weighted by Crippen LogP contribution is 2.18. The van der Waals surface area contributed by atoms with Crippen LogP contribution in [0.15, 0.2) is 30.3 Å². The molecule has 0 aliphatic heterocycles. The summed E-state index contributed by atoms with van der Waals surface area (Å²) in [6.45, 7) is 3.91. The van der Waals surface area contributed by atoms with E-state index in [0.717, 1.165) is 11.3 Å². The van der Waals surface area contributed by atoms with Crippen LogP contribution in [0, 0.1) is 13.8 Å². The van der Waals surface area contributed by atoms with Gasteiger partial charge in [0.25, 0.3) is 5.91 Å². The number of benzene rings is 1. The van der Waals surface area contributed by atoms with Gasteiger partial charge in [-0.3, -0.25) is 4.79 Å². The van der Waals surface area contributed by atoms with Crippen molar-refractivity contribution >= 4 is 5.91 Å². The Hall–Kier alpha value is -2.27. The molecule has 21 heavy (non-hydrogen) atoms. The van der Waals surface area contributed by atoms with Gasteiger partial charge < -0.3 is 20.1 Å². The number of ether oxygens (including phenoxy) is 1. The molecule has 1 aromatic heterocycles. The summed E-state index contributed by atoms with van der Waals surface area (Å²) < 4.78 is 5.11. The summed E-state index contributed by atoms with van der Waals surface area (Å²) in [6.07, 6.45) is -0.777. The third-order valence-corrected chi connectivity index (χ3v) is 3.31. The first-order chi connectivity index (χ1) is 10.0. The number of carbonyl (C=O) groups is 1. The topological polar surface area (TPSA) is 74.3 Å². The van der Waals surface area contributed by atoms with Gasteiger partial charge in [-0.05, 0) is 43.2 Å². The highest BCUT2D eigenvalue weighted by Gasteiger charge is 2.14. The van der Waals surface area contributed by atoms with E-state index in [2.05, 4.69) is 10.3 Å². The molecule has 0 aliphatic rings. The van der Waals surface area contributed by atoms with Gasteiger partial charge in [0.15, 0.2) is 0 Å². The van der Waals surface area contributed by atoms with Crippen LogP contribution in [0.4, 0.5) is 0 Å². The minimum atomic E-state index is -0.777. The maximum absolute atomic E-state index is 12.1. The molecule has 112 valence electrons. The Balaban J connectivity index is 1.98. The van der Waals surface area contributed by atoms with E-state index in [0.29, 0.717) is 17.0 Å². The molecule has 5 heteroatoms. The van der Waals surface area contributed by atoms with E-state index in [1.165, 1.54) is 0 Å². The van der Waals surface area contributed by atoms with Crippen molar-refractivity contribution in [2.24, 2.45) is 0 Å². The number of hydrogen-bond donors (Lipinski definition) is 3. The third kappa shape index (κ3) is 3.64. The smallest absolute Gasteiger partial charge is 0.268 e. The number of aliphatic hydroxyl groups is 1. The summed E-state index contributed by atoms with van der Waals surface area (Å²) in [5.41, 5.74) is 3.06. The van der Waals surface area contributed by atoms with Gasteiger partial charge in [-0.1, -0.05) is 12.1 Å². The summed E-state index contributed by atoms with van der Waals surface area (Å²) in [6, 6.07) is 9.06. The average Bonchev–Trinajstić information content (AvgIpc) is 2.83. The molecule has 0 aliphatic carbocycles. The molecule has 0 saturated carbocycles. The van der Waals surface area contributed by atoms with Gasteiger partial charge in [0, 0.05) is 12.2 Å². The molecule has 0 spiro atoms. The lowest BCUT2D eigenvalue weighted by Gasteiger charge is -2.13. The van der Waals surface area contributed by atoms with Gasteiger partial charge in [0.05, 0.1) is 13.2 Å². The zero-order valence-electron chi connectivity index (χ0n) is 12.4. The number of hydrogen-bond acceptors (Lipinski definition) is 3. The van der Waals surface area contributed by atoms with Crippen LogP contribution < -0.4 is 10.1 Å². The van der Waals surface area contributed by atoms with Crippen LogP contribution in [-0.4, -0.2) is 29.7 Å². The Labute approximate surface area is 124 Å². The van der Waals surface area contributed by atoms with Crippen LogP contribution >= 0.6 is 0 Å². The molecule has 1 aromatic carbocycles. The van der Waals surface area contributed by atoms with Crippen LogP contribution in [0.3, 0.4) is 0 Å². The molecule has 1 atom stereocenters. The highest BCUT2D eigenvalue weighted by atomic mass is 16.5. The van der Waals surface area contributed by atoms with Gasteiger partial charge in [-0.2, -0.15) is 0 Å². The maximum Gasteiger partial charge on any atom is 0.268 e. The Morgan fingerprint density at radius 3 is 2.76 bits per heavy atom. The van der Waals surface area contributed by atoms with Crippen LogP contribution in [0.5, 0.6) is 5.75 Å². The first kappa shape index (κ1) is 15.1. The van der Waals surface area contributed by atoms with Crippen LogP contribution in [0.1, 0.15) is 33.4 Å².